The molecule has 4 N–H and O–H groups in total. The molecule has 0 spiro atoms. The van der Waals surface area contributed by atoms with Crippen molar-refractivity contribution in [1.82, 2.24) is 0 Å². The number of hydrogen-bond acceptors (Lipinski definition) is 4. The molecule has 0 bridgehead atoms. The lowest BCUT2D eigenvalue weighted by Gasteiger charge is -2.26. The van der Waals surface area contributed by atoms with E-state index in [2.05, 4.69) is 233 Å². The minimum atomic E-state index is 0.702. The molecule has 0 aliphatic heterocycles. The fourth-order valence-corrected chi connectivity index (χ4v) is 9.94. The number of benzene rings is 10. The van der Waals surface area contributed by atoms with Crippen LogP contribution in [-0.2, 0) is 12.8 Å². The van der Waals surface area contributed by atoms with Crippen LogP contribution in [0.25, 0.3) is 44.5 Å². The van der Waals surface area contributed by atoms with Gasteiger partial charge in [0.25, 0.3) is 0 Å². The molecule has 0 amide bonds. The Labute approximate surface area is 453 Å². The normalized spacial score (nSPS) is 10.9. The Bertz CT molecular complexity index is 3280. The molecular weight excluding hydrogens is 921 g/mol. The van der Waals surface area contributed by atoms with Crippen molar-refractivity contribution in [3.63, 3.8) is 0 Å². The van der Waals surface area contributed by atoms with Gasteiger partial charge >= 0.3 is 0 Å². The summed E-state index contributed by atoms with van der Waals surface area (Å²) in [4.78, 5) is 4.74. The van der Waals surface area contributed by atoms with Gasteiger partial charge in [-0.15, -0.1) is 0 Å². The van der Waals surface area contributed by atoms with Crippen LogP contribution in [0.5, 0.6) is 0 Å². The number of unbranched alkanes of at least 4 members (excludes halogenated alkanes) is 2. The Morgan fingerprint density at radius 3 is 1.03 bits per heavy atom. The molecule has 10 aromatic rings. The van der Waals surface area contributed by atoms with Gasteiger partial charge in [0.15, 0.2) is 0 Å². The first-order valence-electron chi connectivity index (χ1n) is 27.1. The van der Waals surface area contributed by atoms with Crippen molar-refractivity contribution in [3.8, 4) is 44.5 Å². The summed E-state index contributed by atoms with van der Waals surface area (Å²) in [6.07, 6.45) is 7.11. The van der Waals surface area contributed by atoms with Crippen LogP contribution in [0.3, 0.4) is 0 Å². The van der Waals surface area contributed by atoms with Crippen LogP contribution >= 0.6 is 0 Å². The SMILES string of the molecule is CCCCc1ccc(N(c2ccc(-c3ccc(-c4ccc(N(c5ccc(CCCC)cc5)c5ccc(C)c(C)c5)cc4)cc3)cc2)c2ccc(C)c(C)c2)cc1.Nc1cccc(N)c1-c1ccccc1-c1ccccc1. The highest BCUT2D eigenvalue weighted by atomic mass is 15.1. The Morgan fingerprint density at radius 2 is 0.645 bits per heavy atom. The minimum Gasteiger partial charge on any atom is -0.398 e. The topological polar surface area (TPSA) is 58.5 Å². The van der Waals surface area contributed by atoms with Crippen LogP contribution in [0.2, 0.25) is 0 Å². The number of rotatable bonds is 16. The van der Waals surface area contributed by atoms with E-state index in [9.17, 15) is 0 Å². The maximum Gasteiger partial charge on any atom is 0.0464 e. The van der Waals surface area contributed by atoms with E-state index >= 15 is 0 Å². The predicted octanol–water partition coefficient (Wildman–Crippen LogP) is 20.1. The number of hydrogen-bond donors (Lipinski definition) is 2. The van der Waals surface area contributed by atoms with Gasteiger partial charge in [-0.1, -0.05) is 172 Å². The summed E-state index contributed by atoms with van der Waals surface area (Å²) in [5.74, 6) is 0. The Balaban J connectivity index is 0.000000293. The summed E-state index contributed by atoms with van der Waals surface area (Å²) in [5, 5.41) is 0. The lowest BCUT2D eigenvalue weighted by molar-refractivity contribution is 0.795. The average molecular weight is 993 g/mol. The Hall–Kier alpha value is -8.60. The average Bonchev–Trinajstić information content (AvgIpc) is 3.46. The van der Waals surface area contributed by atoms with E-state index < -0.39 is 0 Å². The number of anilines is 8. The third-order valence-corrected chi connectivity index (χ3v) is 14.7. The maximum absolute atomic E-state index is 6.12. The highest BCUT2D eigenvalue weighted by molar-refractivity contribution is 5.94. The molecule has 0 fully saturated rings. The van der Waals surface area contributed by atoms with E-state index in [1.165, 1.54) is 104 Å². The monoisotopic (exact) mass is 993 g/mol. The molecule has 0 aromatic heterocycles. The van der Waals surface area contributed by atoms with Gasteiger partial charge in [-0.2, -0.15) is 0 Å². The van der Waals surface area contributed by atoms with Gasteiger partial charge < -0.3 is 21.3 Å². The van der Waals surface area contributed by atoms with E-state index in [0.717, 1.165) is 46.5 Å². The molecule has 10 rings (SSSR count). The molecule has 0 radical (unpaired) electrons. The van der Waals surface area contributed by atoms with E-state index in [4.69, 9.17) is 11.5 Å². The summed E-state index contributed by atoms with van der Waals surface area (Å²) < 4.78 is 0. The first-order chi connectivity index (χ1) is 37.1. The van der Waals surface area contributed by atoms with E-state index in [-0.39, 0.29) is 0 Å². The van der Waals surface area contributed by atoms with Crippen molar-refractivity contribution >= 4 is 45.5 Å². The van der Waals surface area contributed by atoms with Crippen LogP contribution < -0.4 is 21.3 Å². The number of nitrogen functional groups attached to an aromatic ring is 2. The smallest absolute Gasteiger partial charge is 0.0464 e. The maximum atomic E-state index is 6.12. The van der Waals surface area contributed by atoms with Crippen LogP contribution in [0.1, 0.15) is 72.9 Å². The minimum absolute atomic E-state index is 0.702. The molecule has 0 aliphatic rings. The molecule has 0 unspecified atom stereocenters. The molecule has 380 valence electrons. The van der Waals surface area contributed by atoms with Crippen molar-refractivity contribution in [2.45, 2.75) is 80.1 Å². The fraction of sp³-hybridized carbons (Fsp3) is 0.167. The van der Waals surface area contributed by atoms with Crippen molar-refractivity contribution in [3.05, 3.63) is 264 Å². The summed E-state index contributed by atoms with van der Waals surface area (Å²) >= 11 is 0. The van der Waals surface area contributed by atoms with E-state index in [0.29, 0.717) is 11.4 Å². The molecule has 4 nitrogen and oxygen atoms in total. The van der Waals surface area contributed by atoms with Crippen LogP contribution in [-0.4, -0.2) is 0 Å². The second kappa shape index (κ2) is 24.6. The molecule has 0 saturated carbocycles. The number of nitrogens with two attached hydrogens (primary N) is 2. The van der Waals surface area contributed by atoms with Crippen LogP contribution in [0.15, 0.2) is 231 Å². The molecule has 0 atom stereocenters. The molecule has 0 heterocycles. The third-order valence-electron chi connectivity index (χ3n) is 14.7. The van der Waals surface area contributed by atoms with Gasteiger partial charge in [-0.3, -0.25) is 0 Å². The van der Waals surface area contributed by atoms with E-state index in [1.807, 2.05) is 48.5 Å². The number of nitrogens with zero attached hydrogens (tertiary/aromatic N) is 2. The molecule has 4 heteroatoms. The largest absolute Gasteiger partial charge is 0.398 e. The highest BCUT2D eigenvalue weighted by Crippen LogP contribution is 2.41. The zero-order valence-corrected chi connectivity index (χ0v) is 45.2. The zero-order chi connectivity index (χ0) is 53.0. The first kappa shape index (κ1) is 52.3. The molecule has 10 aromatic carbocycles. The van der Waals surface area contributed by atoms with Crippen molar-refractivity contribution in [2.24, 2.45) is 0 Å². The van der Waals surface area contributed by atoms with E-state index in [1.54, 1.807) is 0 Å². The van der Waals surface area contributed by atoms with Crippen molar-refractivity contribution in [1.29, 1.82) is 0 Å². The van der Waals surface area contributed by atoms with Gasteiger partial charge in [0, 0.05) is 51.1 Å². The van der Waals surface area contributed by atoms with Crippen molar-refractivity contribution < 1.29 is 0 Å². The molecule has 76 heavy (non-hydrogen) atoms. The lowest BCUT2D eigenvalue weighted by atomic mass is 9.93. The molecule has 0 saturated heterocycles. The fourth-order valence-electron chi connectivity index (χ4n) is 9.94. The summed E-state index contributed by atoms with van der Waals surface area (Å²) in [6.45, 7) is 13.3. The first-order valence-corrected chi connectivity index (χ1v) is 27.1. The quantitative estimate of drug-likeness (QED) is 0.0947. The van der Waals surface area contributed by atoms with Gasteiger partial charge in [0.05, 0.1) is 0 Å². The zero-order valence-electron chi connectivity index (χ0n) is 45.2. The molecule has 0 aliphatic carbocycles. The highest BCUT2D eigenvalue weighted by Gasteiger charge is 2.17. The predicted molar refractivity (Wildman–Crippen MR) is 329 cm³/mol. The Kier molecular flexibility index (Phi) is 16.9. The summed E-state index contributed by atoms with van der Waals surface area (Å²) in [7, 11) is 0. The third kappa shape index (κ3) is 12.3. The Morgan fingerprint density at radius 1 is 0.303 bits per heavy atom. The molecular formula is C72H72N4. The summed E-state index contributed by atoms with van der Waals surface area (Å²) in [5.41, 5.74) is 37.7. The van der Waals surface area contributed by atoms with Crippen LogP contribution in [0, 0.1) is 27.7 Å². The van der Waals surface area contributed by atoms with Crippen LogP contribution in [0.4, 0.5) is 45.5 Å². The second-order valence-electron chi connectivity index (χ2n) is 20.1. The lowest BCUT2D eigenvalue weighted by Crippen LogP contribution is -2.10. The second-order valence-corrected chi connectivity index (χ2v) is 20.1. The van der Waals surface area contributed by atoms with Gasteiger partial charge in [-0.05, 0) is 211 Å². The van der Waals surface area contributed by atoms with Gasteiger partial charge in [0.2, 0.25) is 0 Å². The van der Waals surface area contributed by atoms with Gasteiger partial charge in [0.1, 0.15) is 0 Å². The van der Waals surface area contributed by atoms with Crippen molar-refractivity contribution in [2.75, 3.05) is 21.3 Å². The van der Waals surface area contributed by atoms with Gasteiger partial charge in [-0.25, -0.2) is 0 Å². The number of aryl methyl sites for hydroxylation is 6. The standard InChI is InChI=1S/C54H56N2.C18H16N2/c1-7-9-11-43-15-29-49(30-16-43)55(53-27-13-39(3)41(5)37-53)51-33-23-47(24-34-51)45-19-21-46(22-20-45)48-25-35-52(36-26-48)56(54-28-14-40(4)42(6)38-54)50-31-17-44(18-32-50)12-10-8-2;19-16-11-6-12-17(20)18(16)15-10-5-4-9-14(15)13-7-2-1-3-8-13/h13-38H,7-12H2,1-6H3;1-12H,19-20H2. The summed E-state index contributed by atoms with van der Waals surface area (Å²) in [6, 6.07) is 82.8.